The monoisotopic (exact) mass is 558 g/mol. The molecule has 2 aliphatic heterocycles. The summed E-state index contributed by atoms with van der Waals surface area (Å²) in [7, 11) is 3.79. The van der Waals surface area contributed by atoms with Gasteiger partial charge in [0, 0.05) is 48.4 Å². The number of hydrogen-bond donors (Lipinski definition) is 2. The Morgan fingerprint density at radius 2 is 1.95 bits per heavy atom. The normalized spacial score (nSPS) is 15.0. The number of unbranched alkanes of at least 4 members (excludes halogenated alkanes) is 1. The van der Waals surface area contributed by atoms with Crippen molar-refractivity contribution >= 4 is 34.4 Å². The number of amides is 1. The summed E-state index contributed by atoms with van der Waals surface area (Å²) in [5.74, 6) is 0.606. The fraction of sp³-hybridized carbons (Fsp3) is 0.367. The number of aliphatic hydroxyl groups excluding tert-OH is 1. The summed E-state index contributed by atoms with van der Waals surface area (Å²) in [6.45, 7) is 4.97. The van der Waals surface area contributed by atoms with E-state index < -0.39 is 0 Å². The molecule has 3 aromatic heterocycles. The molecular weight excluding hydrogens is 524 g/mol. The molecule has 6 rings (SSSR count). The van der Waals surface area contributed by atoms with Gasteiger partial charge in [-0.2, -0.15) is 5.10 Å². The van der Waals surface area contributed by atoms with E-state index in [1.165, 1.54) is 9.44 Å². The molecule has 10 heteroatoms. The van der Waals surface area contributed by atoms with E-state index in [1.54, 1.807) is 35.5 Å². The molecule has 0 bridgehead atoms. The van der Waals surface area contributed by atoms with Crippen molar-refractivity contribution in [3.05, 3.63) is 79.5 Å². The van der Waals surface area contributed by atoms with Crippen molar-refractivity contribution in [2.24, 2.45) is 7.05 Å². The van der Waals surface area contributed by atoms with Crippen molar-refractivity contribution in [3.8, 4) is 11.1 Å². The Morgan fingerprint density at radius 3 is 2.73 bits per heavy atom. The van der Waals surface area contributed by atoms with E-state index in [1.807, 2.05) is 28.9 Å². The minimum absolute atomic E-state index is 0.0215. The molecule has 0 unspecified atom stereocenters. The zero-order chi connectivity index (χ0) is 28.0. The number of aryl methyl sites for hydroxylation is 2. The number of pyridine rings is 1. The van der Waals surface area contributed by atoms with Crippen LogP contribution < -0.4 is 15.8 Å². The van der Waals surface area contributed by atoms with Crippen LogP contribution in [0.15, 0.2) is 47.4 Å². The van der Waals surface area contributed by atoms with Crippen molar-refractivity contribution in [1.82, 2.24) is 19.2 Å². The van der Waals surface area contributed by atoms with Crippen LogP contribution in [0.5, 0.6) is 0 Å². The molecule has 5 heterocycles. The fourth-order valence-corrected chi connectivity index (χ4v) is 6.79. The molecular formula is C30H34N6O3S. The van der Waals surface area contributed by atoms with Crippen LogP contribution in [-0.2, 0) is 39.7 Å². The van der Waals surface area contributed by atoms with E-state index in [4.69, 9.17) is 0 Å². The second-order valence-corrected chi connectivity index (χ2v) is 11.8. The summed E-state index contributed by atoms with van der Waals surface area (Å²) < 4.78 is 3.51. The number of likely N-dealkylation sites (N-methyl/N-ethyl adjacent to an activating group) is 1. The number of carbonyl (C=O) groups excluding carboxylic acids is 1. The summed E-state index contributed by atoms with van der Waals surface area (Å²) >= 11 is 1.59. The van der Waals surface area contributed by atoms with Gasteiger partial charge in [-0.05, 0) is 49.2 Å². The molecule has 1 aromatic carbocycles. The molecule has 4 aromatic rings. The number of anilines is 3. The molecule has 0 saturated carbocycles. The molecule has 0 atom stereocenters. The number of aliphatic hydroxyl groups is 1. The molecule has 0 spiro atoms. The van der Waals surface area contributed by atoms with Gasteiger partial charge in [0.05, 0.1) is 36.0 Å². The van der Waals surface area contributed by atoms with Gasteiger partial charge in [-0.1, -0.05) is 25.5 Å². The standard InChI is InChI=1S/C30H34N6O3S/c1-4-5-7-22-12-20-16-35(30(39)28(20)40-22)26-9-6-8-23(24(26)18-37)19-13-25(29(38)34(3)15-19)31-27-14-21-17-33(2)10-11-36(21)32-27/h6,8-9,12-15,37H,4-5,7,10-11,16-18H2,1-3H3,(H,31,32). The van der Waals surface area contributed by atoms with E-state index in [2.05, 4.69) is 35.4 Å². The Hall–Kier alpha value is -3.73. The van der Waals surface area contributed by atoms with E-state index in [0.29, 0.717) is 29.3 Å². The number of fused-ring (bicyclic) bond motifs is 2. The minimum Gasteiger partial charge on any atom is -0.392 e. The van der Waals surface area contributed by atoms with E-state index in [0.717, 1.165) is 66.2 Å². The summed E-state index contributed by atoms with van der Waals surface area (Å²) in [6.07, 6.45) is 5.01. The van der Waals surface area contributed by atoms with Crippen LogP contribution in [0.1, 0.15) is 51.1 Å². The van der Waals surface area contributed by atoms with Crippen LogP contribution in [-0.4, -0.2) is 43.9 Å². The lowest BCUT2D eigenvalue weighted by Gasteiger charge is -2.22. The first-order valence-electron chi connectivity index (χ1n) is 13.8. The molecule has 0 aliphatic carbocycles. The number of aromatic nitrogens is 3. The van der Waals surface area contributed by atoms with Crippen LogP contribution in [0.25, 0.3) is 11.1 Å². The first-order chi connectivity index (χ1) is 19.4. The number of hydrogen-bond acceptors (Lipinski definition) is 7. The predicted molar refractivity (Wildman–Crippen MR) is 158 cm³/mol. The largest absolute Gasteiger partial charge is 0.392 e. The average Bonchev–Trinajstić information content (AvgIpc) is 3.62. The molecule has 208 valence electrons. The lowest BCUT2D eigenvalue weighted by atomic mass is 9.98. The highest BCUT2D eigenvalue weighted by Gasteiger charge is 2.32. The van der Waals surface area contributed by atoms with Crippen molar-refractivity contribution < 1.29 is 9.90 Å². The van der Waals surface area contributed by atoms with Crippen molar-refractivity contribution in [2.45, 2.75) is 52.4 Å². The lowest BCUT2D eigenvalue weighted by molar-refractivity contribution is 0.0999. The fourth-order valence-electron chi connectivity index (χ4n) is 5.63. The van der Waals surface area contributed by atoms with Gasteiger partial charge >= 0.3 is 0 Å². The van der Waals surface area contributed by atoms with Crippen LogP contribution in [0, 0.1) is 0 Å². The average molecular weight is 559 g/mol. The van der Waals surface area contributed by atoms with E-state index >= 15 is 0 Å². The van der Waals surface area contributed by atoms with Gasteiger partial charge in [-0.3, -0.25) is 19.2 Å². The van der Waals surface area contributed by atoms with Crippen LogP contribution in [0.3, 0.4) is 0 Å². The van der Waals surface area contributed by atoms with Gasteiger partial charge in [0.15, 0.2) is 5.82 Å². The summed E-state index contributed by atoms with van der Waals surface area (Å²) in [4.78, 5) is 32.6. The number of nitrogens with zero attached hydrogens (tertiary/aromatic N) is 5. The Morgan fingerprint density at radius 1 is 1.10 bits per heavy atom. The van der Waals surface area contributed by atoms with Gasteiger partial charge in [-0.25, -0.2) is 0 Å². The van der Waals surface area contributed by atoms with Crippen molar-refractivity contribution in [2.75, 3.05) is 23.8 Å². The minimum atomic E-state index is -0.239. The predicted octanol–water partition coefficient (Wildman–Crippen LogP) is 4.49. The van der Waals surface area contributed by atoms with E-state index in [9.17, 15) is 14.7 Å². The third-order valence-corrected chi connectivity index (χ3v) is 8.98. The molecule has 9 nitrogen and oxygen atoms in total. The SMILES string of the molecule is CCCCc1cc2c(s1)C(=O)N(c1cccc(-c3cc(Nc4cc5n(n4)CCN(C)C5)c(=O)n(C)c3)c1CO)C2. The smallest absolute Gasteiger partial charge is 0.274 e. The Labute approximate surface area is 237 Å². The lowest BCUT2D eigenvalue weighted by Crippen LogP contribution is -2.30. The van der Waals surface area contributed by atoms with Gasteiger partial charge in [-0.15, -0.1) is 11.3 Å². The number of benzene rings is 1. The number of thiophene rings is 1. The first-order valence-corrected chi connectivity index (χ1v) is 14.6. The quantitative estimate of drug-likeness (QED) is 0.331. The summed E-state index contributed by atoms with van der Waals surface area (Å²) in [5, 5.41) is 18.4. The van der Waals surface area contributed by atoms with Crippen LogP contribution in [0.2, 0.25) is 0 Å². The maximum atomic E-state index is 13.4. The maximum absolute atomic E-state index is 13.4. The highest BCUT2D eigenvalue weighted by atomic mass is 32.1. The summed E-state index contributed by atoms with van der Waals surface area (Å²) in [6, 6.07) is 11.6. The first kappa shape index (κ1) is 26.5. The zero-order valence-corrected chi connectivity index (χ0v) is 23.9. The van der Waals surface area contributed by atoms with Gasteiger partial charge in [0.2, 0.25) is 0 Å². The van der Waals surface area contributed by atoms with Gasteiger partial charge in [0.1, 0.15) is 5.69 Å². The van der Waals surface area contributed by atoms with Crippen LogP contribution >= 0.6 is 11.3 Å². The summed E-state index contributed by atoms with van der Waals surface area (Å²) in [5.41, 5.74) is 5.26. The van der Waals surface area contributed by atoms with Crippen LogP contribution in [0.4, 0.5) is 17.2 Å². The Balaban J connectivity index is 1.32. The zero-order valence-electron chi connectivity index (χ0n) is 23.1. The maximum Gasteiger partial charge on any atom is 0.274 e. The molecule has 1 amide bonds. The van der Waals surface area contributed by atoms with Gasteiger partial charge in [0.25, 0.3) is 11.5 Å². The molecule has 2 aliphatic rings. The molecule has 0 radical (unpaired) electrons. The Kier molecular flexibility index (Phi) is 7.07. The Bertz CT molecular complexity index is 1650. The van der Waals surface area contributed by atoms with E-state index in [-0.39, 0.29) is 18.1 Å². The van der Waals surface area contributed by atoms with Crippen molar-refractivity contribution in [3.63, 3.8) is 0 Å². The van der Waals surface area contributed by atoms with Crippen molar-refractivity contribution in [1.29, 1.82) is 0 Å². The molecule has 0 fully saturated rings. The van der Waals surface area contributed by atoms with Gasteiger partial charge < -0.3 is 19.9 Å². The second kappa shape index (κ2) is 10.7. The molecule has 2 N–H and O–H groups in total. The number of nitrogens with one attached hydrogen (secondary N) is 1. The third kappa shape index (κ3) is 4.76. The highest BCUT2D eigenvalue weighted by molar-refractivity contribution is 7.14. The topological polar surface area (TPSA) is 95.6 Å². The third-order valence-electron chi connectivity index (χ3n) is 7.75. The molecule has 0 saturated heterocycles. The number of carbonyl (C=O) groups is 1. The second-order valence-electron chi connectivity index (χ2n) is 10.7. The number of rotatable bonds is 8. The highest BCUT2D eigenvalue weighted by Crippen LogP contribution is 2.39. The molecule has 40 heavy (non-hydrogen) atoms.